The Morgan fingerprint density at radius 3 is 1.20 bits per heavy atom. The molecule has 0 saturated carbocycles. The van der Waals surface area contributed by atoms with Crippen LogP contribution in [0.1, 0.15) is 0 Å². The van der Waals surface area contributed by atoms with Gasteiger partial charge in [0.05, 0.1) is 22.1 Å². The molecule has 0 unspecified atom stereocenters. The lowest BCUT2D eigenvalue weighted by Gasteiger charge is -2.15. The molecule has 2 aromatic heterocycles. The highest BCUT2D eigenvalue weighted by atomic mass is 15.0. The minimum Gasteiger partial charge on any atom is -0.309 e. The van der Waals surface area contributed by atoms with Crippen molar-refractivity contribution in [2.45, 2.75) is 0 Å². The van der Waals surface area contributed by atoms with E-state index >= 15 is 0 Å². The van der Waals surface area contributed by atoms with Crippen LogP contribution in [0.25, 0.3) is 99.5 Å². The number of aromatic nitrogens is 2. The summed E-state index contributed by atoms with van der Waals surface area (Å²) in [6.45, 7) is 0. The van der Waals surface area contributed by atoms with Crippen molar-refractivity contribution >= 4 is 43.6 Å². The predicted molar refractivity (Wildman–Crippen MR) is 237 cm³/mol. The summed E-state index contributed by atoms with van der Waals surface area (Å²) in [5.41, 5.74) is 16.7. The van der Waals surface area contributed by atoms with Crippen molar-refractivity contribution in [3.8, 4) is 55.9 Å². The van der Waals surface area contributed by atoms with E-state index in [2.05, 4.69) is 228 Å². The second-order valence-corrected chi connectivity index (χ2v) is 14.6. The number of hydrogen-bond acceptors (Lipinski definition) is 0. The minimum absolute atomic E-state index is 1.14. The van der Waals surface area contributed by atoms with Crippen molar-refractivity contribution in [3.63, 3.8) is 0 Å². The lowest BCUT2D eigenvalue weighted by Crippen LogP contribution is -1.96. The van der Waals surface area contributed by atoms with E-state index in [4.69, 9.17) is 0 Å². The molecule has 0 spiro atoms. The molecule has 0 amide bonds. The monoisotopic (exact) mass is 712 g/mol. The van der Waals surface area contributed by atoms with Gasteiger partial charge in [0.1, 0.15) is 0 Å². The molecule has 0 saturated heterocycles. The number of rotatable bonds is 6. The maximum Gasteiger partial charge on any atom is 0.0547 e. The van der Waals surface area contributed by atoms with Crippen molar-refractivity contribution in [3.05, 3.63) is 218 Å². The maximum atomic E-state index is 2.47. The van der Waals surface area contributed by atoms with Crippen molar-refractivity contribution in [2.75, 3.05) is 0 Å². The van der Waals surface area contributed by atoms with Gasteiger partial charge in [0.25, 0.3) is 0 Å². The van der Waals surface area contributed by atoms with Gasteiger partial charge in [0, 0.05) is 32.9 Å². The van der Waals surface area contributed by atoms with Crippen LogP contribution in [-0.4, -0.2) is 9.13 Å². The van der Waals surface area contributed by atoms with Crippen LogP contribution >= 0.6 is 0 Å². The number of nitrogens with zero attached hydrogens (tertiary/aromatic N) is 2. The van der Waals surface area contributed by atoms with Crippen LogP contribution in [0, 0.1) is 0 Å². The summed E-state index contributed by atoms with van der Waals surface area (Å²) in [6.07, 6.45) is 0. The van der Waals surface area contributed by atoms with Crippen LogP contribution in [0.5, 0.6) is 0 Å². The van der Waals surface area contributed by atoms with E-state index in [0.717, 1.165) is 5.69 Å². The van der Waals surface area contributed by atoms with Gasteiger partial charge >= 0.3 is 0 Å². The molecule has 2 heterocycles. The van der Waals surface area contributed by atoms with Crippen LogP contribution < -0.4 is 0 Å². The Hall–Kier alpha value is -7.42. The normalized spacial score (nSPS) is 11.6. The van der Waals surface area contributed by atoms with E-state index in [-0.39, 0.29) is 0 Å². The molecule has 0 fully saturated rings. The van der Waals surface area contributed by atoms with Gasteiger partial charge in [-0.15, -0.1) is 0 Å². The van der Waals surface area contributed by atoms with Crippen LogP contribution in [0.15, 0.2) is 218 Å². The van der Waals surface area contributed by atoms with E-state index in [1.165, 1.54) is 93.8 Å². The molecule has 11 aromatic rings. The first-order valence-electron chi connectivity index (χ1n) is 19.3. The largest absolute Gasteiger partial charge is 0.309 e. The first kappa shape index (κ1) is 32.0. The zero-order chi connectivity index (χ0) is 37.0. The molecule has 2 nitrogen and oxygen atoms in total. The Kier molecular flexibility index (Phi) is 7.53. The minimum atomic E-state index is 1.14. The number of benzene rings is 9. The summed E-state index contributed by atoms with van der Waals surface area (Å²) in [5, 5.41) is 4.97. The molecule has 0 bridgehead atoms. The Labute approximate surface area is 325 Å². The summed E-state index contributed by atoms with van der Waals surface area (Å²) in [7, 11) is 0. The highest BCUT2D eigenvalue weighted by molar-refractivity contribution is 6.13. The molecule has 0 N–H and O–H groups in total. The highest BCUT2D eigenvalue weighted by Gasteiger charge is 2.18. The number of hydrogen-bond donors (Lipinski definition) is 0. The summed E-state index contributed by atoms with van der Waals surface area (Å²) in [5.74, 6) is 0. The molecule has 0 radical (unpaired) electrons. The molecule has 9 aromatic carbocycles. The topological polar surface area (TPSA) is 9.86 Å². The van der Waals surface area contributed by atoms with Crippen LogP contribution in [-0.2, 0) is 0 Å². The van der Waals surface area contributed by atoms with Crippen molar-refractivity contribution in [1.82, 2.24) is 9.13 Å². The molecule has 262 valence electrons. The fourth-order valence-corrected chi connectivity index (χ4v) is 8.63. The lowest BCUT2D eigenvalue weighted by molar-refractivity contribution is 1.18. The third-order valence-electron chi connectivity index (χ3n) is 11.3. The van der Waals surface area contributed by atoms with E-state index in [9.17, 15) is 0 Å². The van der Waals surface area contributed by atoms with Crippen LogP contribution in [0.2, 0.25) is 0 Å². The SMILES string of the molecule is c1ccc(-c2cc(-c3ccccc3)cc(-n3c4ccc(-c5ccccc5)cc4c4ccc(-c5ccc6c(c5)c5ccccc5n6-c5ccccc5)cc43)c2)cc1. The fraction of sp³-hybridized carbons (Fsp3) is 0. The predicted octanol–water partition coefficient (Wildman–Crippen LogP) is 14.5. The molecule has 0 aliphatic carbocycles. The van der Waals surface area contributed by atoms with Gasteiger partial charge in [-0.3, -0.25) is 0 Å². The molecule has 11 rings (SSSR count). The summed E-state index contributed by atoms with van der Waals surface area (Å²) in [6, 6.07) is 79.5. The standard InChI is InChI=1S/C54H36N2/c1-5-15-37(16-6-1)40-26-29-53-50(34-40)48-28-25-42(41-27-30-52-49(35-41)47-23-13-14-24-51(47)55(52)45-21-11-4-12-22-45)36-54(48)56(53)46-32-43(38-17-7-2-8-18-38)31-44(33-46)39-19-9-3-10-20-39/h1-36H. The van der Waals surface area contributed by atoms with Gasteiger partial charge in [-0.05, 0) is 111 Å². The Balaban J connectivity index is 1.16. The highest BCUT2D eigenvalue weighted by Crippen LogP contribution is 2.41. The average Bonchev–Trinajstić information content (AvgIpc) is 3.79. The van der Waals surface area contributed by atoms with Gasteiger partial charge < -0.3 is 9.13 Å². The maximum absolute atomic E-state index is 2.47. The zero-order valence-corrected chi connectivity index (χ0v) is 30.7. The third-order valence-corrected chi connectivity index (χ3v) is 11.3. The third kappa shape index (κ3) is 5.34. The first-order chi connectivity index (χ1) is 27.8. The first-order valence-corrected chi connectivity index (χ1v) is 19.3. The van der Waals surface area contributed by atoms with E-state index in [0.29, 0.717) is 0 Å². The molecule has 0 aliphatic rings. The zero-order valence-electron chi connectivity index (χ0n) is 30.7. The van der Waals surface area contributed by atoms with Gasteiger partial charge in [0.2, 0.25) is 0 Å². The van der Waals surface area contributed by atoms with Crippen molar-refractivity contribution in [1.29, 1.82) is 0 Å². The van der Waals surface area contributed by atoms with E-state index in [1.807, 2.05) is 0 Å². The molecular weight excluding hydrogens is 677 g/mol. The molecular formula is C54H36N2. The number of para-hydroxylation sites is 2. The lowest BCUT2D eigenvalue weighted by atomic mass is 9.98. The number of fused-ring (bicyclic) bond motifs is 6. The van der Waals surface area contributed by atoms with Crippen molar-refractivity contribution < 1.29 is 0 Å². The van der Waals surface area contributed by atoms with Crippen LogP contribution in [0.3, 0.4) is 0 Å². The van der Waals surface area contributed by atoms with Crippen molar-refractivity contribution in [2.24, 2.45) is 0 Å². The molecule has 0 atom stereocenters. The molecule has 56 heavy (non-hydrogen) atoms. The molecule has 2 heteroatoms. The quantitative estimate of drug-likeness (QED) is 0.162. The second-order valence-electron chi connectivity index (χ2n) is 14.6. The Morgan fingerprint density at radius 1 is 0.196 bits per heavy atom. The molecule has 0 aliphatic heterocycles. The Morgan fingerprint density at radius 2 is 0.607 bits per heavy atom. The van der Waals surface area contributed by atoms with Gasteiger partial charge in [-0.1, -0.05) is 152 Å². The summed E-state index contributed by atoms with van der Waals surface area (Å²) >= 11 is 0. The second kappa shape index (κ2) is 13.2. The van der Waals surface area contributed by atoms with E-state index < -0.39 is 0 Å². The van der Waals surface area contributed by atoms with Crippen LogP contribution in [0.4, 0.5) is 0 Å². The smallest absolute Gasteiger partial charge is 0.0547 e. The average molecular weight is 713 g/mol. The van der Waals surface area contributed by atoms with Gasteiger partial charge in [0.15, 0.2) is 0 Å². The fourth-order valence-electron chi connectivity index (χ4n) is 8.63. The summed E-state index contributed by atoms with van der Waals surface area (Å²) in [4.78, 5) is 0. The Bertz CT molecular complexity index is 3150. The summed E-state index contributed by atoms with van der Waals surface area (Å²) < 4.78 is 4.85. The van der Waals surface area contributed by atoms with E-state index in [1.54, 1.807) is 0 Å². The van der Waals surface area contributed by atoms with Gasteiger partial charge in [-0.25, -0.2) is 0 Å². The van der Waals surface area contributed by atoms with Gasteiger partial charge in [-0.2, -0.15) is 0 Å².